The number of nitrogens with zero attached hydrogens (tertiary/aromatic N) is 4. The van der Waals surface area contributed by atoms with Crippen molar-refractivity contribution in [1.82, 2.24) is 19.6 Å². The Morgan fingerprint density at radius 1 is 1.50 bits per heavy atom. The van der Waals surface area contributed by atoms with Gasteiger partial charge in [0.25, 0.3) is 0 Å². The van der Waals surface area contributed by atoms with Gasteiger partial charge in [-0.2, -0.15) is 10.2 Å². The summed E-state index contributed by atoms with van der Waals surface area (Å²) in [5.74, 6) is -0.722. The Bertz CT molecular complexity index is 629. The van der Waals surface area contributed by atoms with Crippen LogP contribution in [0.25, 0.3) is 5.69 Å². The zero-order valence-electron chi connectivity index (χ0n) is 10.0. The molecule has 0 atom stereocenters. The van der Waals surface area contributed by atoms with Gasteiger partial charge in [-0.15, -0.1) is 0 Å². The van der Waals surface area contributed by atoms with Crippen LogP contribution in [0, 0.1) is 0 Å². The quantitative estimate of drug-likeness (QED) is 0.722. The van der Waals surface area contributed by atoms with Crippen LogP contribution >= 0.6 is 0 Å². The van der Waals surface area contributed by atoms with Crippen LogP contribution in [-0.2, 0) is 11.8 Å². The molecule has 0 fully saturated rings. The molecule has 7 nitrogen and oxygen atoms in total. The lowest BCUT2D eigenvalue weighted by molar-refractivity contribution is 0.0515. The molecule has 0 aliphatic heterocycles. The lowest BCUT2D eigenvalue weighted by Crippen LogP contribution is -2.22. The van der Waals surface area contributed by atoms with E-state index in [1.165, 1.54) is 16.9 Å². The average Bonchev–Trinajstić information content (AvgIpc) is 2.77. The monoisotopic (exact) mass is 248 g/mol. The molecule has 0 unspecified atom stereocenters. The SMILES string of the molecule is CCOC(=O)c1nn(-c2cnn(C)c2)ccc1=O. The first-order valence-electron chi connectivity index (χ1n) is 5.38. The first-order valence-corrected chi connectivity index (χ1v) is 5.38. The standard InChI is InChI=1S/C11H12N4O3/c1-3-18-11(17)10-9(16)4-5-15(13-10)8-6-12-14(2)7-8/h4-7H,3H2,1-2H3. The van der Waals surface area contributed by atoms with Crippen LogP contribution in [0.2, 0.25) is 0 Å². The number of ether oxygens (including phenoxy) is 1. The zero-order valence-corrected chi connectivity index (χ0v) is 10.0. The highest BCUT2D eigenvalue weighted by Gasteiger charge is 2.14. The number of rotatable bonds is 3. The highest BCUT2D eigenvalue weighted by Crippen LogP contribution is 2.02. The molecule has 94 valence electrons. The van der Waals surface area contributed by atoms with E-state index in [0.29, 0.717) is 5.69 Å². The van der Waals surface area contributed by atoms with Crippen molar-refractivity contribution in [2.75, 3.05) is 6.61 Å². The van der Waals surface area contributed by atoms with E-state index in [0.717, 1.165) is 0 Å². The minimum Gasteiger partial charge on any atom is -0.461 e. The lowest BCUT2D eigenvalue weighted by atomic mass is 10.4. The maximum atomic E-state index is 11.5. The third kappa shape index (κ3) is 2.29. The van der Waals surface area contributed by atoms with Crippen LogP contribution in [0.4, 0.5) is 0 Å². The summed E-state index contributed by atoms with van der Waals surface area (Å²) in [6, 6.07) is 1.27. The van der Waals surface area contributed by atoms with Crippen molar-refractivity contribution in [3.05, 3.63) is 40.6 Å². The lowest BCUT2D eigenvalue weighted by Gasteiger charge is -2.04. The number of aryl methyl sites for hydroxylation is 1. The fourth-order valence-electron chi connectivity index (χ4n) is 1.42. The first kappa shape index (κ1) is 12.0. The average molecular weight is 248 g/mol. The smallest absolute Gasteiger partial charge is 0.362 e. The Morgan fingerprint density at radius 2 is 2.28 bits per heavy atom. The predicted molar refractivity (Wildman–Crippen MR) is 62.6 cm³/mol. The molecule has 2 heterocycles. The summed E-state index contributed by atoms with van der Waals surface area (Å²) in [7, 11) is 1.76. The molecule has 0 spiro atoms. The van der Waals surface area contributed by atoms with E-state index >= 15 is 0 Å². The second-order valence-corrected chi connectivity index (χ2v) is 3.57. The molecule has 0 aromatic carbocycles. The largest absolute Gasteiger partial charge is 0.461 e. The van der Waals surface area contributed by atoms with Crippen LogP contribution in [0.15, 0.2) is 29.5 Å². The Kier molecular flexibility index (Phi) is 3.22. The van der Waals surface area contributed by atoms with Crippen molar-refractivity contribution in [2.24, 2.45) is 7.05 Å². The van der Waals surface area contributed by atoms with Crippen molar-refractivity contribution in [2.45, 2.75) is 6.92 Å². The normalized spacial score (nSPS) is 10.3. The van der Waals surface area contributed by atoms with Gasteiger partial charge in [-0.3, -0.25) is 9.48 Å². The third-order valence-electron chi connectivity index (χ3n) is 2.23. The highest BCUT2D eigenvalue weighted by atomic mass is 16.5. The number of aromatic nitrogens is 4. The van der Waals surface area contributed by atoms with Crippen LogP contribution in [0.5, 0.6) is 0 Å². The van der Waals surface area contributed by atoms with E-state index in [9.17, 15) is 9.59 Å². The van der Waals surface area contributed by atoms with Crippen molar-refractivity contribution < 1.29 is 9.53 Å². The molecule has 0 N–H and O–H groups in total. The molecule has 0 aliphatic carbocycles. The molecular formula is C11H12N4O3. The molecule has 2 aromatic heterocycles. The second kappa shape index (κ2) is 4.82. The van der Waals surface area contributed by atoms with Gasteiger partial charge in [-0.1, -0.05) is 0 Å². The van der Waals surface area contributed by atoms with E-state index < -0.39 is 11.4 Å². The number of hydrogen-bond acceptors (Lipinski definition) is 5. The molecule has 0 radical (unpaired) electrons. The van der Waals surface area contributed by atoms with E-state index in [1.807, 2.05) is 0 Å². The van der Waals surface area contributed by atoms with Gasteiger partial charge < -0.3 is 4.74 Å². The fourth-order valence-corrected chi connectivity index (χ4v) is 1.42. The fraction of sp³-hybridized carbons (Fsp3) is 0.273. The van der Waals surface area contributed by atoms with Gasteiger partial charge in [0.2, 0.25) is 11.1 Å². The number of carbonyl (C=O) groups excluding carboxylic acids is 1. The van der Waals surface area contributed by atoms with Gasteiger partial charge in [0.1, 0.15) is 5.69 Å². The van der Waals surface area contributed by atoms with Gasteiger partial charge in [0.15, 0.2) is 0 Å². The summed E-state index contributed by atoms with van der Waals surface area (Å²) in [4.78, 5) is 23.1. The van der Waals surface area contributed by atoms with Gasteiger partial charge >= 0.3 is 5.97 Å². The van der Waals surface area contributed by atoms with E-state index in [-0.39, 0.29) is 12.3 Å². The van der Waals surface area contributed by atoms with Gasteiger partial charge in [-0.05, 0) is 6.92 Å². The topological polar surface area (TPSA) is 79.0 Å². The number of esters is 1. The summed E-state index contributed by atoms with van der Waals surface area (Å²) >= 11 is 0. The first-order chi connectivity index (χ1) is 8.61. The van der Waals surface area contributed by atoms with Crippen LogP contribution in [0.3, 0.4) is 0 Å². The molecule has 2 aromatic rings. The molecular weight excluding hydrogens is 236 g/mol. The maximum absolute atomic E-state index is 11.5. The summed E-state index contributed by atoms with van der Waals surface area (Å²) in [6.45, 7) is 1.86. The predicted octanol–water partition coefficient (Wildman–Crippen LogP) is 0.143. The summed E-state index contributed by atoms with van der Waals surface area (Å²) in [5, 5.41) is 7.94. The molecule has 2 rings (SSSR count). The molecule has 0 aliphatic rings. The Labute approximate surface area is 103 Å². The minimum absolute atomic E-state index is 0.196. The molecule has 0 saturated heterocycles. The van der Waals surface area contributed by atoms with Crippen LogP contribution in [-0.4, -0.2) is 32.1 Å². The Hall–Kier alpha value is -2.44. The minimum atomic E-state index is -0.722. The molecule has 0 saturated carbocycles. The molecule has 0 amide bonds. The highest BCUT2D eigenvalue weighted by molar-refractivity contribution is 5.86. The van der Waals surface area contributed by atoms with Crippen molar-refractivity contribution >= 4 is 5.97 Å². The molecule has 0 bridgehead atoms. The van der Waals surface area contributed by atoms with Gasteiger partial charge in [0.05, 0.1) is 19.0 Å². The second-order valence-electron chi connectivity index (χ2n) is 3.57. The van der Waals surface area contributed by atoms with E-state index in [4.69, 9.17) is 4.74 Å². The maximum Gasteiger partial charge on any atom is 0.362 e. The van der Waals surface area contributed by atoms with Crippen molar-refractivity contribution in [3.63, 3.8) is 0 Å². The van der Waals surface area contributed by atoms with Crippen LogP contribution in [0.1, 0.15) is 17.4 Å². The zero-order chi connectivity index (χ0) is 13.1. The van der Waals surface area contributed by atoms with Crippen molar-refractivity contribution in [1.29, 1.82) is 0 Å². The third-order valence-corrected chi connectivity index (χ3v) is 2.23. The Morgan fingerprint density at radius 3 is 2.89 bits per heavy atom. The molecule has 18 heavy (non-hydrogen) atoms. The Balaban J connectivity index is 2.43. The number of hydrogen-bond donors (Lipinski definition) is 0. The van der Waals surface area contributed by atoms with Gasteiger partial charge in [0, 0.05) is 19.3 Å². The van der Waals surface area contributed by atoms with E-state index in [2.05, 4.69) is 10.2 Å². The summed E-state index contributed by atoms with van der Waals surface area (Å²) < 4.78 is 7.77. The van der Waals surface area contributed by atoms with Crippen molar-refractivity contribution in [3.8, 4) is 5.69 Å². The van der Waals surface area contributed by atoms with E-state index in [1.54, 1.807) is 31.0 Å². The summed E-state index contributed by atoms with van der Waals surface area (Å²) in [5.41, 5.74) is -0.0418. The van der Waals surface area contributed by atoms with Gasteiger partial charge in [-0.25, -0.2) is 9.48 Å². The molecule has 7 heteroatoms. The number of carbonyl (C=O) groups is 1. The van der Waals surface area contributed by atoms with Crippen LogP contribution < -0.4 is 5.43 Å². The summed E-state index contributed by atoms with van der Waals surface area (Å²) in [6.07, 6.45) is 4.76.